The lowest BCUT2D eigenvalue weighted by atomic mass is 9.90. The van der Waals surface area contributed by atoms with Crippen molar-refractivity contribution < 1.29 is 4.79 Å². The summed E-state index contributed by atoms with van der Waals surface area (Å²) < 4.78 is 1.03. The van der Waals surface area contributed by atoms with Crippen molar-refractivity contribution >= 4 is 50.1 Å². The van der Waals surface area contributed by atoms with Crippen LogP contribution < -0.4 is 4.90 Å². The molecule has 1 unspecified atom stereocenters. The summed E-state index contributed by atoms with van der Waals surface area (Å²) in [4.78, 5) is 19.8. The van der Waals surface area contributed by atoms with E-state index in [1.54, 1.807) is 6.92 Å². The van der Waals surface area contributed by atoms with Gasteiger partial charge in [-0.25, -0.2) is 4.98 Å². The molecule has 0 saturated heterocycles. The van der Waals surface area contributed by atoms with Crippen molar-refractivity contribution in [3.8, 4) is 0 Å². The van der Waals surface area contributed by atoms with E-state index in [9.17, 15) is 4.79 Å². The standard InChI is InChI=1S/C29H25BrN2O/c1-3-20-8-10-21(11-9-20)28-18-27-25(17-22-6-4-5-7-26(22)31-27)29(16-19(2)33)32(28)24-14-12-23(30)13-15-24/h4-15,17-18,29H,3,16H2,1-2H3. The highest BCUT2D eigenvalue weighted by Gasteiger charge is 2.32. The van der Waals surface area contributed by atoms with Gasteiger partial charge in [0.2, 0.25) is 0 Å². The molecule has 0 fully saturated rings. The molecule has 3 aromatic carbocycles. The first-order valence-electron chi connectivity index (χ1n) is 11.3. The van der Waals surface area contributed by atoms with Gasteiger partial charge < -0.3 is 4.90 Å². The van der Waals surface area contributed by atoms with Gasteiger partial charge in [-0.05, 0) is 66.9 Å². The molecule has 33 heavy (non-hydrogen) atoms. The van der Waals surface area contributed by atoms with Gasteiger partial charge in [0.15, 0.2) is 0 Å². The Balaban J connectivity index is 1.77. The number of pyridine rings is 1. The van der Waals surface area contributed by atoms with Gasteiger partial charge in [-0.2, -0.15) is 0 Å². The molecular formula is C29H25BrN2O. The second kappa shape index (κ2) is 8.95. The number of hydrogen-bond acceptors (Lipinski definition) is 3. The first-order chi connectivity index (χ1) is 16.0. The Morgan fingerprint density at radius 1 is 1.00 bits per heavy atom. The van der Waals surface area contributed by atoms with Gasteiger partial charge in [0.05, 0.1) is 22.9 Å². The molecule has 4 heteroatoms. The van der Waals surface area contributed by atoms with Gasteiger partial charge in [0.1, 0.15) is 5.78 Å². The van der Waals surface area contributed by atoms with Crippen molar-refractivity contribution in [3.63, 3.8) is 0 Å². The van der Waals surface area contributed by atoms with Crippen LogP contribution in [0.3, 0.4) is 0 Å². The maximum Gasteiger partial charge on any atom is 0.132 e. The molecule has 0 radical (unpaired) electrons. The third-order valence-corrected chi connectivity index (χ3v) is 6.76. The fourth-order valence-electron chi connectivity index (χ4n) is 4.56. The minimum atomic E-state index is -0.137. The zero-order valence-corrected chi connectivity index (χ0v) is 20.3. The fraction of sp³-hybridized carbons (Fsp3) is 0.172. The molecule has 2 heterocycles. The second-order valence-electron chi connectivity index (χ2n) is 8.50. The quantitative estimate of drug-likeness (QED) is 0.285. The Morgan fingerprint density at radius 2 is 1.73 bits per heavy atom. The molecular weight excluding hydrogens is 472 g/mol. The maximum atomic E-state index is 12.5. The lowest BCUT2D eigenvalue weighted by molar-refractivity contribution is -0.117. The number of anilines is 1. The Labute approximate surface area is 202 Å². The van der Waals surface area contributed by atoms with Crippen LogP contribution in [0.15, 0.2) is 83.3 Å². The van der Waals surface area contributed by atoms with Crippen LogP contribution in [0.25, 0.3) is 22.7 Å². The highest BCUT2D eigenvalue weighted by Crippen LogP contribution is 2.44. The number of benzene rings is 3. The molecule has 5 rings (SSSR count). The van der Waals surface area contributed by atoms with Crippen LogP contribution in [0.5, 0.6) is 0 Å². The van der Waals surface area contributed by atoms with Crippen LogP contribution in [-0.4, -0.2) is 10.8 Å². The van der Waals surface area contributed by atoms with E-state index in [2.05, 4.69) is 82.4 Å². The predicted octanol–water partition coefficient (Wildman–Crippen LogP) is 7.60. The van der Waals surface area contributed by atoms with E-state index in [0.717, 1.165) is 50.0 Å². The Hall–Kier alpha value is -3.24. The highest BCUT2D eigenvalue weighted by atomic mass is 79.9. The van der Waals surface area contributed by atoms with E-state index < -0.39 is 0 Å². The van der Waals surface area contributed by atoms with Gasteiger partial charge in [-0.3, -0.25) is 4.79 Å². The number of nitrogens with zero attached hydrogens (tertiary/aromatic N) is 2. The normalized spacial score (nSPS) is 15.3. The maximum absolute atomic E-state index is 12.5. The number of aromatic nitrogens is 1. The van der Waals surface area contributed by atoms with Gasteiger partial charge in [-0.15, -0.1) is 0 Å². The number of rotatable bonds is 5. The summed E-state index contributed by atoms with van der Waals surface area (Å²) in [6.45, 7) is 3.83. The van der Waals surface area contributed by atoms with E-state index in [1.807, 2.05) is 30.3 Å². The average molecular weight is 497 g/mol. The number of aryl methyl sites for hydroxylation is 1. The molecule has 164 valence electrons. The zero-order valence-electron chi connectivity index (χ0n) is 18.8. The molecule has 0 amide bonds. The number of halogens is 1. The van der Waals surface area contributed by atoms with E-state index in [-0.39, 0.29) is 11.8 Å². The summed E-state index contributed by atoms with van der Waals surface area (Å²) >= 11 is 3.56. The molecule has 4 aromatic rings. The molecule has 1 aliphatic heterocycles. The molecule has 1 atom stereocenters. The smallest absolute Gasteiger partial charge is 0.132 e. The highest BCUT2D eigenvalue weighted by molar-refractivity contribution is 9.10. The summed E-state index contributed by atoms with van der Waals surface area (Å²) in [7, 11) is 0. The summed E-state index contributed by atoms with van der Waals surface area (Å²) in [6, 6.07) is 27.2. The van der Waals surface area contributed by atoms with Crippen LogP contribution in [-0.2, 0) is 11.2 Å². The van der Waals surface area contributed by atoms with Gasteiger partial charge in [-0.1, -0.05) is 65.3 Å². The van der Waals surface area contributed by atoms with Crippen LogP contribution in [0.4, 0.5) is 5.69 Å². The number of fused-ring (bicyclic) bond motifs is 2. The monoisotopic (exact) mass is 496 g/mol. The molecule has 0 N–H and O–H groups in total. The lowest BCUT2D eigenvalue weighted by Crippen LogP contribution is -2.32. The Kier molecular flexibility index (Phi) is 5.86. The third kappa shape index (κ3) is 4.23. The first kappa shape index (κ1) is 21.6. The summed E-state index contributed by atoms with van der Waals surface area (Å²) in [6.07, 6.45) is 3.58. The van der Waals surface area contributed by atoms with E-state index in [4.69, 9.17) is 4.98 Å². The summed E-state index contributed by atoms with van der Waals surface area (Å²) in [5, 5.41) is 1.09. The predicted molar refractivity (Wildman–Crippen MR) is 140 cm³/mol. The largest absolute Gasteiger partial charge is 0.333 e. The first-order valence-corrected chi connectivity index (χ1v) is 12.1. The number of ketones is 1. The topological polar surface area (TPSA) is 33.2 Å². The van der Waals surface area contributed by atoms with Crippen molar-refractivity contribution in [2.24, 2.45) is 0 Å². The van der Waals surface area contributed by atoms with E-state index in [1.165, 1.54) is 5.56 Å². The fourth-order valence-corrected chi connectivity index (χ4v) is 4.83. The van der Waals surface area contributed by atoms with Crippen molar-refractivity contribution in [3.05, 3.63) is 106 Å². The van der Waals surface area contributed by atoms with Crippen LogP contribution >= 0.6 is 15.9 Å². The Morgan fingerprint density at radius 3 is 2.42 bits per heavy atom. The molecule has 0 bridgehead atoms. The van der Waals surface area contributed by atoms with Gasteiger partial charge in [0, 0.05) is 27.5 Å². The summed E-state index contributed by atoms with van der Waals surface area (Å²) in [5.41, 5.74) is 7.51. The summed E-state index contributed by atoms with van der Waals surface area (Å²) in [5.74, 6) is 0.156. The number of para-hydroxylation sites is 1. The average Bonchev–Trinajstić information content (AvgIpc) is 2.83. The molecule has 1 aliphatic rings. The molecule has 0 saturated carbocycles. The van der Waals surface area contributed by atoms with E-state index >= 15 is 0 Å². The zero-order chi connectivity index (χ0) is 22.9. The minimum absolute atomic E-state index is 0.137. The number of carbonyl (C=O) groups is 1. The molecule has 3 nitrogen and oxygen atoms in total. The van der Waals surface area contributed by atoms with Gasteiger partial charge >= 0.3 is 0 Å². The number of hydrogen-bond donors (Lipinski definition) is 0. The van der Waals surface area contributed by atoms with Crippen molar-refractivity contribution in [2.45, 2.75) is 32.7 Å². The van der Waals surface area contributed by atoms with E-state index in [0.29, 0.717) is 6.42 Å². The number of carbonyl (C=O) groups excluding carboxylic acids is 1. The van der Waals surface area contributed by atoms with Crippen molar-refractivity contribution in [2.75, 3.05) is 4.90 Å². The number of Topliss-reactive ketones (excluding diaryl/α,β-unsaturated/α-hetero) is 1. The molecule has 1 aromatic heterocycles. The van der Waals surface area contributed by atoms with Crippen LogP contribution in [0, 0.1) is 0 Å². The second-order valence-corrected chi connectivity index (χ2v) is 9.42. The molecule has 0 spiro atoms. The van der Waals surface area contributed by atoms with Crippen LogP contribution in [0.1, 0.15) is 48.7 Å². The van der Waals surface area contributed by atoms with Crippen molar-refractivity contribution in [1.29, 1.82) is 0 Å². The minimum Gasteiger partial charge on any atom is -0.333 e. The Bertz CT molecular complexity index is 1360. The van der Waals surface area contributed by atoms with Crippen molar-refractivity contribution in [1.82, 2.24) is 4.98 Å². The third-order valence-electron chi connectivity index (χ3n) is 6.23. The molecule has 0 aliphatic carbocycles. The SMILES string of the molecule is CCc1ccc(C2=Cc3nc4ccccc4cc3C(CC(C)=O)N2c2ccc(Br)cc2)cc1. The van der Waals surface area contributed by atoms with Gasteiger partial charge in [0.25, 0.3) is 0 Å². The lowest BCUT2D eigenvalue weighted by Gasteiger charge is -2.39. The van der Waals surface area contributed by atoms with Crippen LogP contribution in [0.2, 0.25) is 0 Å².